The smallest absolute Gasteiger partial charge is 0.272 e. The summed E-state index contributed by atoms with van der Waals surface area (Å²) in [5, 5.41) is 1.08. The summed E-state index contributed by atoms with van der Waals surface area (Å²) < 4.78 is 2.02. The standard InChI is InChI=1S/C15H10N2O/c18-15-14-9-10-5-1-3-7-12(10)17(14)13-8-4-2-6-11(13)16-15/h1-9H,(H,16,18). The van der Waals surface area contributed by atoms with Gasteiger partial charge in [-0.1, -0.05) is 30.3 Å². The van der Waals surface area contributed by atoms with Crippen molar-refractivity contribution in [3.8, 4) is 0 Å². The summed E-state index contributed by atoms with van der Waals surface area (Å²) in [6, 6.07) is 17.8. The molecule has 3 nitrogen and oxygen atoms in total. The van der Waals surface area contributed by atoms with Gasteiger partial charge in [0.25, 0.3) is 5.56 Å². The molecule has 0 atom stereocenters. The number of para-hydroxylation sites is 3. The van der Waals surface area contributed by atoms with Crippen molar-refractivity contribution in [2.24, 2.45) is 0 Å². The normalized spacial score (nSPS) is 11.6. The molecule has 0 aliphatic rings. The van der Waals surface area contributed by atoms with Crippen LogP contribution in [0.1, 0.15) is 0 Å². The Balaban J connectivity index is 2.45. The van der Waals surface area contributed by atoms with Gasteiger partial charge in [0.05, 0.1) is 16.6 Å². The Kier molecular flexibility index (Phi) is 1.70. The largest absolute Gasteiger partial charge is 0.319 e. The molecule has 4 rings (SSSR count). The van der Waals surface area contributed by atoms with Gasteiger partial charge in [0.15, 0.2) is 0 Å². The number of nitrogens with zero attached hydrogens (tertiary/aromatic N) is 1. The van der Waals surface area contributed by atoms with E-state index in [1.165, 1.54) is 0 Å². The first-order valence-corrected chi connectivity index (χ1v) is 5.86. The molecule has 0 amide bonds. The summed E-state index contributed by atoms with van der Waals surface area (Å²) in [6.45, 7) is 0. The Hall–Kier alpha value is -2.55. The number of aromatic amines is 1. The van der Waals surface area contributed by atoms with Crippen LogP contribution in [0.4, 0.5) is 0 Å². The van der Waals surface area contributed by atoms with Crippen LogP contribution in [0, 0.1) is 0 Å². The number of fused-ring (bicyclic) bond motifs is 5. The summed E-state index contributed by atoms with van der Waals surface area (Å²) in [7, 11) is 0. The Morgan fingerprint density at radius 2 is 1.56 bits per heavy atom. The Morgan fingerprint density at radius 3 is 2.44 bits per heavy atom. The summed E-state index contributed by atoms with van der Waals surface area (Å²) in [6.07, 6.45) is 0. The van der Waals surface area contributed by atoms with Gasteiger partial charge in [-0.3, -0.25) is 4.79 Å². The van der Waals surface area contributed by atoms with Crippen molar-refractivity contribution in [2.75, 3.05) is 0 Å². The van der Waals surface area contributed by atoms with Crippen LogP contribution in [0.3, 0.4) is 0 Å². The first-order valence-electron chi connectivity index (χ1n) is 5.86. The fourth-order valence-corrected chi connectivity index (χ4v) is 2.54. The highest BCUT2D eigenvalue weighted by Gasteiger charge is 2.08. The van der Waals surface area contributed by atoms with Crippen LogP contribution in [-0.2, 0) is 0 Å². The van der Waals surface area contributed by atoms with Crippen molar-refractivity contribution in [3.63, 3.8) is 0 Å². The number of aromatic nitrogens is 2. The zero-order valence-electron chi connectivity index (χ0n) is 9.55. The van der Waals surface area contributed by atoms with E-state index in [0.717, 1.165) is 21.9 Å². The molecule has 1 N–H and O–H groups in total. The second-order valence-corrected chi connectivity index (χ2v) is 4.40. The molecule has 0 fully saturated rings. The zero-order chi connectivity index (χ0) is 12.1. The molecule has 0 saturated carbocycles. The van der Waals surface area contributed by atoms with E-state index in [-0.39, 0.29) is 5.56 Å². The van der Waals surface area contributed by atoms with Gasteiger partial charge >= 0.3 is 0 Å². The van der Waals surface area contributed by atoms with Gasteiger partial charge < -0.3 is 9.38 Å². The van der Waals surface area contributed by atoms with E-state index >= 15 is 0 Å². The molecule has 0 saturated heterocycles. The maximum atomic E-state index is 12.1. The number of H-pyrrole nitrogens is 1. The van der Waals surface area contributed by atoms with Gasteiger partial charge in [-0.05, 0) is 24.3 Å². The van der Waals surface area contributed by atoms with Crippen LogP contribution in [0.15, 0.2) is 59.4 Å². The van der Waals surface area contributed by atoms with Crippen molar-refractivity contribution >= 4 is 27.5 Å². The predicted octanol–water partition coefficient (Wildman–Crippen LogP) is 2.93. The minimum absolute atomic E-state index is 0.0510. The van der Waals surface area contributed by atoms with Crippen molar-refractivity contribution in [3.05, 3.63) is 65.0 Å². The van der Waals surface area contributed by atoms with Crippen LogP contribution in [0.25, 0.3) is 27.5 Å². The molecule has 86 valence electrons. The number of hydrogen-bond acceptors (Lipinski definition) is 1. The van der Waals surface area contributed by atoms with E-state index in [4.69, 9.17) is 0 Å². The zero-order valence-corrected chi connectivity index (χ0v) is 9.55. The fourth-order valence-electron chi connectivity index (χ4n) is 2.54. The Bertz CT molecular complexity index is 947. The maximum Gasteiger partial charge on any atom is 0.272 e. The summed E-state index contributed by atoms with van der Waals surface area (Å²) in [5.74, 6) is 0. The van der Waals surface area contributed by atoms with Crippen molar-refractivity contribution < 1.29 is 0 Å². The molecule has 0 radical (unpaired) electrons. The molecule has 4 aromatic rings. The minimum atomic E-state index is -0.0510. The lowest BCUT2D eigenvalue weighted by Gasteiger charge is -2.03. The molecule has 2 aromatic heterocycles. The molecule has 3 heteroatoms. The summed E-state index contributed by atoms with van der Waals surface area (Å²) in [4.78, 5) is 15.0. The third-order valence-corrected chi connectivity index (χ3v) is 3.34. The monoisotopic (exact) mass is 234 g/mol. The number of nitrogens with one attached hydrogen (secondary N) is 1. The highest BCUT2D eigenvalue weighted by molar-refractivity contribution is 5.92. The average molecular weight is 234 g/mol. The SMILES string of the molecule is O=c1[nH]c2ccccc2n2c1cc1ccccc12. The lowest BCUT2D eigenvalue weighted by molar-refractivity contribution is 1.22. The summed E-state index contributed by atoms with van der Waals surface area (Å²) in [5.41, 5.74) is 3.58. The second kappa shape index (κ2) is 3.23. The number of benzene rings is 2. The van der Waals surface area contributed by atoms with Gasteiger partial charge in [-0.25, -0.2) is 0 Å². The van der Waals surface area contributed by atoms with Gasteiger partial charge in [-0.15, -0.1) is 0 Å². The first kappa shape index (κ1) is 9.48. The number of rotatable bonds is 0. The second-order valence-electron chi connectivity index (χ2n) is 4.40. The molecular weight excluding hydrogens is 224 g/mol. The highest BCUT2D eigenvalue weighted by Crippen LogP contribution is 2.21. The fraction of sp³-hybridized carbons (Fsp3) is 0. The molecule has 2 heterocycles. The maximum absolute atomic E-state index is 12.1. The molecule has 2 aromatic carbocycles. The Morgan fingerprint density at radius 1 is 0.833 bits per heavy atom. The van der Waals surface area contributed by atoms with E-state index in [9.17, 15) is 4.79 Å². The molecule has 0 unspecified atom stereocenters. The number of hydrogen-bond donors (Lipinski definition) is 1. The first-order chi connectivity index (χ1) is 8.84. The third kappa shape index (κ3) is 1.10. The quantitative estimate of drug-likeness (QED) is 0.499. The van der Waals surface area contributed by atoms with Crippen molar-refractivity contribution in [1.82, 2.24) is 9.38 Å². The van der Waals surface area contributed by atoms with Crippen molar-refractivity contribution in [1.29, 1.82) is 0 Å². The molecular formula is C15H10N2O. The van der Waals surface area contributed by atoms with Crippen LogP contribution in [0.5, 0.6) is 0 Å². The van der Waals surface area contributed by atoms with Crippen LogP contribution >= 0.6 is 0 Å². The van der Waals surface area contributed by atoms with Crippen LogP contribution in [0.2, 0.25) is 0 Å². The van der Waals surface area contributed by atoms with E-state index in [1.807, 2.05) is 59.0 Å². The van der Waals surface area contributed by atoms with Gasteiger partial charge in [0.2, 0.25) is 0 Å². The van der Waals surface area contributed by atoms with Crippen molar-refractivity contribution in [2.45, 2.75) is 0 Å². The van der Waals surface area contributed by atoms with E-state index in [0.29, 0.717) is 5.52 Å². The van der Waals surface area contributed by atoms with Crippen LogP contribution < -0.4 is 5.56 Å². The molecule has 0 aliphatic heterocycles. The molecule has 0 bridgehead atoms. The van der Waals surface area contributed by atoms with E-state index in [2.05, 4.69) is 4.98 Å². The third-order valence-electron chi connectivity index (χ3n) is 3.34. The van der Waals surface area contributed by atoms with Gasteiger partial charge in [0, 0.05) is 5.39 Å². The van der Waals surface area contributed by atoms with Gasteiger partial charge in [0.1, 0.15) is 5.52 Å². The average Bonchev–Trinajstić information content (AvgIpc) is 2.79. The Labute approximate surface area is 102 Å². The minimum Gasteiger partial charge on any atom is -0.319 e. The predicted molar refractivity (Wildman–Crippen MR) is 73.0 cm³/mol. The molecule has 0 spiro atoms. The topological polar surface area (TPSA) is 37.3 Å². The van der Waals surface area contributed by atoms with Crippen LogP contribution in [-0.4, -0.2) is 9.38 Å². The molecule has 0 aliphatic carbocycles. The van der Waals surface area contributed by atoms with E-state index < -0.39 is 0 Å². The lowest BCUT2D eigenvalue weighted by Crippen LogP contribution is -2.09. The van der Waals surface area contributed by atoms with E-state index in [1.54, 1.807) is 0 Å². The van der Waals surface area contributed by atoms with Gasteiger partial charge in [-0.2, -0.15) is 0 Å². The molecule has 18 heavy (non-hydrogen) atoms. The summed E-state index contributed by atoms with van der Waals surface area (Å²) >= 11 is 0. The lowest BCUT2D eigenvalue weighted by atomic mass is 10.2. The highest BCUT2D eigenvalue weighted by atomic mass is 16.1.